The predicted octanol–water partition coefficient (Wildman–Crippen LogP) is 1.75. The molecule has 1 fully saturated rings. The van der Waals surface area contributed by atoms with E-state index >= 15 is 0 Å². The van der Waals surface area contributed by atoms with Crippen molar-refractivity contribution in [3.63, 3.8) is 0 Å². The van der Waals surface area contributed by atoms with Crippen LogP contribution in [0.5, 0.6) is 5.75 Å². The zero-order valence-electron chi connectivity index (χ0n) is 9.16. The molecule has 0 bridgehead atoms. The van der Waals surface area contributed by atoms with E-state index in [0.717, 1.165) is 18.8 Å². The van der Waals surface area contributed by atoms with Crippen molar-refractivity contribution >= 4 is 0 Å². The van der Waals surface area contributed by atoms with Crippen molar-refractivity contribution < 1.29 is 9.84 Å². The summed E-state index contributed by atoms with van der Waals surface area (Å²) in [5.41, 5.74) is 2.13. The molecule has 1 saturated heterocycles. The van der Waals surface area contributed by atoms with E-state index in [1.54, 1.807) is 6.07 Å². The molecule has 0 amide bonds. The van der Waals surface area contributed by atoms with Gasteiger partial charge in [0.1, 0.15) is 5.75 Å². The van der Waals surface area contributed by atoms with Crippen LogP contribution in [0.3, 0.4) is 0 Å². The van der Waals surface area contributed by atoms with Gasteiger partial charge in [-0.2, -0.15) is 0 Å². The first kappa shape index (κ1) is 10.5. The number of benzene rings is 1. The molecule has 0 aliphatic carbocycles. The van der Waals surface area contributed by atoms with Crippen LogP contribution in [-0.2, 0) is 4.74 Å². The summed E-state index contributed by atoms with van der Waals surface area (Å²) < 4.78 is 5.10. The van der Waals surface area contributed by atoms with Crippen LogP contribution in [0, 0.1) is 6.92 Å². The monoisotopic (exact) mass is 207 g/mol. The summed E-state index contributed by atoms with van der Waals surface area (Å²) in [7, 11) is 0. The summed E-state index contributed by atoms with van der Waals surface area (Å²) >= 11 is 0. The van der Waals surface area contributed by atoms with E-state index in [4.69, 9.17) is 4.74 Å². The fraction of sp³-hybridized carbons (Fsp3) is 0.500. The van der Waals surface area contributed by atoms with Crippen molar-refractivity contribution in [2.24, 2.45) is 0 Å². The molecule has 3 heteroatoms. The molecule has 1 aromatic carbocycles. The molecule has 0 radical (unpaired) electrons. The van der Waals surface area contributed by atoms with E-state index in [9.17, 15) is 5.11 Å². The SMILES string of the molecule is Cc1ccc(O)c(C(C)NC2COC2)c1. The molecule has 2 N–H and O–H groups in total. The molecule has 0 spiro atoms. The summed E-state index contributed by atoms with van der Waals surface area (Å²) in [6.45, 7) is 5.64. The van der Waals surface area contributed by atoms with E-state index in [1.807, 2.05) is 19.1 Å². The van der Waals surface area contributed by atoms with Crippen molar-refractivity contribution in [1.82, 2.24) is 5.32 Å². The van der Waals surface area contributed by atoms with Gasteiger partial charge in [-0.15, -0.1) is 0 Å². The Morgan fingerprint density at radius 3 is 2.80 bits per heavy atom. The number of hydrogen-bond acceptors (Lipinski definition) is 3. The zero-order valence-corrected chi connectivity index (χ0v) is 9.16. The van der Waals surface area contributed by atoms with Gasteiger partial charge < -0.3 is 15.2 Å². The maximum Gasteiger partial charge on any atom is 0.120 e. The standard InChI is InChI=1S/C12H17NO2/c1-8-3-4-12(14)11(5-8)9(2)13-10-6-15-7-10/h3-5,9-10,13-14H,6-7H2,1-2H3. The fourth-order valence-corrected chi connectivity index (χ4v) is 1.80. The van der Waals surface area contributed by atoms with Crippen LogP contribution in [0.15, 0.2) is 18.2 Å². The van der Waals surface area contributed by atoms with Crippen LogP contribution >= 0.6 is 0 Å². The van der Waals surface area contributed by atoms with Gasteiger partial charge in [0, 0.05) is 11.6 Å². The number of hydrogen-bond donors (Lipinski definition) is 2. The van der Waals surface area contributed by atoms with Gasteiger partial charge in [0.05, 0.1) is 19.3 Å². The maximum absolute atomic E-state index is 9.74. The van der Waals surface area contributed by atoms with Gasteiger partial charge in [-0.05, 0) is 19.9 Å². The van der Waals surface area contributed by atoms with Gasteiger partial charge in [0.25, 0.3) is 0 Å². The summed E-state index contributed by atoms with van der Waals surface area (Å²) in [5.74, 6) is 0.362. The highest BCUT2D eigenvalue weighted by Gasteiger charge is 2.21. The maximum atomic E-state index is 9.74. The largest absolute Gasteiger partial charge is 0.508 e. The van der Waals surface area contributed by atoms with Gasteiger partial charge >= 0.3 is 0 Å². The van der Waals surface area contributed by atoms with Crippen LogP contribution in [0.4, 0.5) is 0 Å². The number of phenols is 1. The van der Waals surface area contributed by atoms with Gasteiger partial charge in [0.15, 0.2) is 0 Å². The number of nitrogens with one attached hydrogen (secondary N) is 1. The number of aryl methyl sites for hydroxylation is 1. The summed E-state index contributed by atoms with van der Waals surface area (Å²) in [4.78, 5) is 0. The van der Waals surface area contributed by atoms with Gasteiger partial charge in [-0.1, -0.05) is 17.7 Å². The molecular weight excluding hydrogens is 190 g/mol. The number of phenolic OH excluding ortho intramolecular Hbond substituents is 1. The second-order valence-electron chi connectivity index (χ2n) is 4.19. The highest BCUT2D eigenvalue weighted by Crippen LogP contribution is 2.25. The quantitative estimate of drug-likeness (QED) is 0.793. The zero-order chi connectivity index (χ0) is 10.8. The third-order valence-corrected chi connectivity index (χ3v) is 2.77. The van der Waals surface area contributed by atoms with Crippen LogP contribution < -0.4 is 5.32 Å². The lowest BCUT2D eigenvalue weighted by molar-refractivity contribution is -0.00934. The minimum Gasteiger partial charge on any atom is -0.508 e. The smallest absolute Gasteiger partial charge is 0.120 e. The molecule has 0 saturated carbocycles. The van der Waals surface area contributed by atoms with Crippen molar-refractivity contribution in [2.45, 2.75) is 25.9 Å². The van der Waals surface area contributed by atoms with E-state index < -0.39 is 0 Å². The van der Waals surface area contributed by atoms with Crippen molar-refractivity contribution in [3.8, 4) is 5.75 Å². The molecule has 1 aromatic rings. The van der Waals surface area contributed by atoms with Gasteiger partial charge in [0.2, 0.25) is 0 Å². The van der Waals surface area contributed by atoms with Crippen molar-refractivity contribution in [1.29, 1.82) is 0 Å². The molecule has 3 nitrogen and oxygen atoms in total. The average Bonchev–Trinajstić information content (AvgIpc) is 2.15. The molecule has 1 atom stereocenters. The van der Waals surface area contributed by atoms with E-state index in [-0.39, 0.29) is 6.04 Å². The lowest BCUT2D eigenvalue weighted by atomic mass is 10.0. The molecular formula is C12H17NO2. The third-order valence-electron chi connectivity index (χ3n) is 2.77. The summed E-state index contributed by atoms with van der Waals surface area (Å²) in [6, 6.07) is 6.28. The summed E-state index contributed by atoms with van der Waals surface area (Å²) in [5, 5.41) is 13.2. The molecule has 2 rings (SSSR count). The Bertz CT molecular complexity index is 347. The molecule has 15 heavy (non-hydrogen) atoms. The van der Waals surface area contributed by atoms with E-state index in [0.29, 0.717) is 11.8 Å². The second kappa shape index (κ2) is 4.21. The Morgan fingerprint density at radius 2 is 2.20 bits per heavy atom. The lowest BCUT2D eigenvalue weighted by Crippen LogP contribution is -2.46. The van der Waals surface area contributed by atoms with E-state index in [2.05, 4.69) is 12.2 Å². The Labute approximate surface area is 90.1 Å². The van der Waals surface area contributed by atoms with Crippen LogP contribution in [0.25, 0.3) is 0 Å². The van der Waals surface area contributed by atoms with Crippen LogP contribution in [0.2, 0.25) is 0 Å². The summed E-state index contributed by atoms with van der Waals surface area (Å²) in [6.07, 6.45) is 0. The van der Waals surface area contributed by atoms with Gasteiger partial charge in [-0.3, -0.25) is 0 Å². The lowest BCUT2D eigenvalue weighted by Gasteiger charge is -2.30. The predicted molar refractivity (Wildman–Crippen MR) is 59.0 cm³/mol. The minimum absolute atomic E-state index is 0.166. The fourth-order valence-electron chi connectivity index (χ4n) is 1.80. The van der Waals surface area contributed by atoms with Gasteiger partial charge in [-0.25, -0.2) is 0 Å². The first-order chi connectivity index (χ1) is 7.16. The molecule has 0 aromatic heterocycles. The van der Waals surface area contributed by atoms with Crippen molar-refractivity contribution in [2.75, 3.05) is 13.2 Å². The third kappa shape index (κ3) is 2.30. The highest BCUT2D eigenvalue weighted by atomic mass is 16.5. The molecule has 1 heterocycles. The average molecular weight is 207 g/mol. The first-order valence-electron chi connectivity index (χ1n) is 5.30. The van der Waals surface area contributed by atoms with Crippen LogP contribution in [0.1, 0.15) is 24.1 Å². The highest BCUT2D eigenvalue weighted by molar-refractivity contribution is 5.37. The molecule has 1 aliphatic rings. The van der Waals surface area contributed by atoms with Crippen LogP contribution in [-0.4, -0.2) is 24.4 Å². The molecule has 82 valence electrons. The Morgan fingerprint density at radius 1 is 1.47 bits per heavy atom. The number of rotatable bonds is 3. The number of ether oxygens (including phenoxy) is 1. The van der Waals surface area contributed by atoms with E-state index in [1.165, 1.54) is 5.56 Å². The Hall–Kier alpha value is -1.06. The number of aromatic hydroxyl groups is 1. The topological polar surface area (TPSA) is 41.5 Å². The minimum atomic E-state index is 0.166. The Kier molecular flexibility index (Phi) is 2.93. The Balaban J connectivity index is 2.09. The normalized spacial score (nSPS) is 18.5. The first-order valence-corrected chi connectivity index (χ1v) is 5.30. The molecule has 1 unspecified atom stereocenters. The second-order valence-corrected chi connectivity index (χ2v) is 4.19. The molecule has 1 aliphatic heterocycles. The van der Waals surface area contributed by atoms with Crippen molar-refractivity contribution in [3.05, 3.63) is 29.3 Å².